The molecule has 82 valence electrons. The molecule has 0 N–H and O–H groups in total. The van der Waals surface area contributed by atoms with Crippen LogP contribution in [0.25, 0.3) is 11.3 Å². The minimum Gasteiger partial charge on any atom is -0.495 e. The number of rotatable bonds is 2. The van der Waals surface area contributed by atoms with Gasteiger partial charge in [-0.05, 0) is 24.3 Å². The molecule has 0 unspecified atom stereocenters. The Balaban J connectivity index is 2.57. The Kier molecular flexibility index (Phi) is 3.01. The van der Waals surface area contributed by atoms with Crippen LogP contribution in [-0.2, 0) is 0 Å². The lowest BCUT2D eigenvalue weighted by Crippen LogP contribution is -1.92. The van der Waals surface area contributed by atoms with Gasteiger partial charge in [-0.15, -0.1) is 0 Å². The van der Waals surface area contributed by atoms with Crippen LogP contribution in [0.5, 0.6) is 5.75 Å². The maximum Gasteiger partial charge on any atom is 0.138 e. The third-order valence-electron chi connectivity index (χ3n) is 2.09. The van der Waals surface area contributed by atoms with E-state index in [9.17, 15) is 4.39 Å². The van der Waals surface area contributed by atoms with Crippen molar-refractivity contribution < 1.29 is 9.13 Å². The van der Waals surface area contributed by atoms with Gasteiger partial charge in [0.25, 0.3) is 0 Å². The summed E-state index contributed by atoms with van der Waals surface area (Å²) in [5.74, 6) is -0.0463. The average molecular weight is 239 g/mol. The number of nitrogens with zero attached hydrogens (tertiary/aromatic N) is 2. The third-order valence-corrected chi connectivity index (χ3v) is 2.39. The molecule has 0 atom stereocenters. The van der Waals surface area contributed by atoms with E-state index in [0.717, 1.165) is 0 Å². The highest BCUT2D eigenvalue weighted by Crippen LogP contribution is 2.31. The average Bonchev–Trinajstić information content (AvgIpc) is 2.30. The van der Waals surface area contributed by atoms with Gasteiger partial charge in [-0.1, -0.05) is 11.6 Å². The first-order valence-electron chi connectivity index (χ1n) is 4.53. The Morgan fingerprint density at radius 1 is 1.38 bits per heavy atom. The fourth-order valence-electron chi connectivity index (χ4n) is 1.33. The van der Waals surface area contributed by atoms with Crippen molar-refractivity contribution >= 4 is 11.6 Å². The van der Waals surface area contributed by atoms with Crippen LogP contribution in [0.3, 0.4) is 0 Å². The molecular formula is C11H8ClFN2O. The van der Waals surface area contributed by atoms with Crippen molar-refractivity contribution in [1.29, 1.82) is 0 Å². The van der Waals surface area contributed by atoms with Gasteiger partial charge in [-0.3, -0.25) is 0 Å². The fraction of sp³-hybridized carbons (Fsp3) is 0.0909. The number of methoxy groups -OCH3 is 1. The summed E-state index contributed by atoms with van der Waals surface area (Å²) in [5.41, 5.74) is 0.754. The quantitative estimate of drug-likeness (QED) is 0.807. The maximum atomic E-state index is 13.6. The molecular weight excluding hydrogens is 231 g/mol. The molecule has 1 aromatic carbocycles. The first-order chi connectivity index (χ1) is 7.72. The summed E-state index contributed by atoms with van der Waals surface area (Å²) < 4.78 is 18.7. The highest BCUT2D eigenvalue weighted by Gasteiger charge is 2.11. The normalized spacial score (nSPS) is 10.2. The van der Waals surface area contributed by atoms with Crippen molar-refractivity contribution in [3.63, 3.8) is 0 Å². The molecule has 0 aliphatic carbocycles. The van der Waals surface area contributed by atoms with Crippen molar-refractivity contribution in [3.05, 3.63) is 41.3 Å². The molecule has 0 saturated carbocycles. The van der Waals surface area contributed by atoms with Gasteiger partial charge in [0.1, 0.15) is 11.6 Å². The zero-order chi connectivity index (χ0) is 11.5. The molecule has 0 aliphatic heterocycles. The number of aromatic nitrogens is 2. The highest BCUT2D eigenvalue weighted by atomic mass is 35.5. The van der Waals surface area contributed by atoms with Crippen LogP contribution in [0.2, 0.25) is 5.02 Å². The van der Waals surface area contributed by atoms with E-state index in [1.165, 1.54) is 25.4 Å². The van der Waals surface area contributed by atoms with Gasteiger partial charge in [0.2, 0.25) is 0 Å². The number of benzene rings is 1. The minimum atomic E-state index is -0.452. The van der Waals surface area contributed by atoms with E-state index in [2.05, 4.69) is 10.2 Å². The predicted molar refractivity (Wildman–Crippen MR) is 59.0 cm³/mol. The number of halogens is 2. The number of hydrogen-bond acceptors (Lipinski definition) is 3. The SMILES string of the molecule is COc1cc(-c2cccnn2)c(F)cc1Cl. The first-order valence-corrected chi connectivity index (χ1v) is 4.91. The predicted octanol–water partition coefficient (Wildman–Crippen LogP) is 2.94. The third kappa shape index (κ3) is 1.97. The van der Waals surface area contributed by atoms with Crippen LogP contribution in [0.4, 0.5) is 4.39 Å². The van der Waals surface area contributed by atoms with E-state index < -0.39 is 5.82 Å². The Hall–Kier alpha value is -1.68. The van der Waals surface area contributed by atoms with Crippen LogP contribution >= 0.6 is 11.6 Å². The smallest absolute Gasteiger partial charge is 0.138 e. The zero-order valence-electron chi connectivity index (χ0n) is 8.45. The van der Waals surface area contributed by atoms with Crippen LogP contribution in [0.15, 0.2) is 30.5 Å². The van der Waals surface area contributed by atoms with Crippen molar-refractivity contribution in [2.24, 2.45) is 0 Å². The molecule has 16 heavy (non-hydrogen) atoms. The molecule has 0 aliphatic rings. The van der Waals surface area contributed by atoms with Crippen LogP contribution < -0.4 is 4.74 Å². The lowest BCUT2D eigenvalue weighted by molar-refractivity contribution is 0.414. The highest BCUT2D eigenvalue weighted by molar-refractivity contribution is 6.32. The second-order valence-corrected chi connectivity index (χ2v) is 3.48. The summed E-state index contributed by atoms with van der Waals surface area (Å²) >= 11 is 5.79. The van der Waals surface area contributed by atoms with Gasteiger partial charge in [-0.25, -0.2) is 4.39 Å². The molecule has 3 nitrogen and oxygen atoms in total. The molecule has 0 spiro atoms. The Bertz CT molecular complexity index is 505. The van der Waals surface area contributed by atoms with Crippen molar-refractivity contribution in [2.75, 3.05) is 7.11 Å². The van der Waals surface area contributed by atoms with Crippen LogP contribution in [-0.4, -0.2) is 17.3 Å². The van der Waals surface area contributed by atoms with Gasteiger partial charge in [-0.2, -0.15) is 10.2 Å². The van der Waals surface area contributed by atoms with E-state index in [1.54, 1.807) is 12.1 Å². The molecule has 1 heterocycles. The van der Waals surface area contributed by atoms with E-state index in [0.29, 0.717) is 17.0 Å². The first kappa shape index (κ1) is 10.8. The molecule has 5 heteroatoms. The van der Waals surface area contributed by atoms with Crippen molar-refractivity contribution in [1.82, 2.24) is 10.2 Å². The second-order valence-electron chi connectivity index (χ2n) is 3.08. The lowest BCUT2D eigenvalue weighted by atomic mass is 10.1. The summed E-state index contributed by atoms with van der Waals surface area (Å²) in [5, 5.41) is 7.75. The van der Waals surface area contributed by atoms with Gasteiger partial charge in [0, 0.05) is 11.8 Å². The summed E-state index contributed by atoms with van der Waals surface area (Å²) in [6, 6.07) is 6.05. The van der Waals surface area contributed by atoms with Crippen LogP contribution in [0.1, 0.15) is 0 Å². The Morgan fingerprint density at radius 3 is 2.81 bits per heavy atom. The summed E-state index contributed by atoms with van der Waals surface area (Å²) in [7, 11) is 1.47. The van der Waals surface area contributed by atoms with Gasteiger partial charge in [0.15, 0.2) is 0 Å². The minimum absolute atomic E-state index is 0.229. The zero-order valence-corrected chi connectivity index (χ0v) is 9.20. The van der Waals surface area contributed by atoms with E-state index in [-0.39, 0.29) is 5.02 Å². The van der Waals surface area contributed by atoms with Crippen LogP contribution in [0, 0.1) is 5.82 Å². The van der Waals surface area contributed by atoms with E-state index in [4.69, 9.17) is 16.3 Å². The molecule has 0 fully saturated rings. The lowest BCUT2D eigenvalue weighted by Gasteiger charge is -2.07. The number of ether oxygens (including phenoxy) is 1. The van der Waals surface area contributed by atoms with E-state index in [1.807, 2.05) is 0 Å². The molecule has 0 bridgehead atoms. The summed E-state index contributed by atoms with van der Waals surface area (Å²) in [6.07, 6.45) is 1.52. The molecule has 2 aromatic rings. The molecule has 1 aromatic heterocycles. The molecule has 0 amide bonds. The second kappa shape index (κ2) is 4.45. The molecule has 2 rings (SSSR count). The Labute approximate surface area is 96.8 Å². The molecule has 0 radical (unpaired) electrons. The van der Waals surface area contributed by atoms with E-state index >= 15 is 0 Å². The fourth-order valence-corrected chi connectivity index (χ4v) is 1.55. The van der Waals surface area contributed by atoms with Gasteiger partial charge >= 0.3 is 0 Å². The van der Waals surface area contributed by atoms with Gasteiger partial charge < -0.3 is 4.74 Å². The van der Waals surface area contributed by atoms with Gasteiger partial charge in [0.05, 0.1) is 17.8 Å². The van der Waals surface area contributed by atoms with Crippen molar-refractivity contribution in [2.45, 2.75) is 0 Å². The number of hydrogen-bond donors (Lipinski definition) is 0. The standard InChI is InChI=1S/C11H8ClFN2O/c1-16-11-5-7(9(13)6-8(11)12)10-3-2-4-14-15-10/h2-6H,1H3. The molecule has 0 saturated heterocycles. The maximum absolute atomic E-state index is 13.6. The van der Waals surface area contributed by atoms with Crippen molar-refractivity contribution in [3.8, 4) is 17.0 Å². The summed E-state index contributed by atoms with van der Waals surface area (Å²) in [6.45, 7) is 0. The summed E-state index contributed by atoms with van der Waals surface area (Å²) in [4.78, 5) is 0. The Morgan fingerprint density at radius 2 is 2.19 bits per heavy atom. The largest absolute Gasteiger partial charge is 0.495 e. The topological polar surface area (TPSA) is 35.0 Å². The monoisotopic (exact) mass is 238 g/mol.